The smallest absolute Gasteiger partial charge is 0.251 e. The molecule has 0 spiro atoms. The number of phenols is 1. The van der Waals surface area contributed by atoms with Gasteiger partial charge in [0.15, 0.2) is 5.78 Å². The first-order chi connectivity index (χ1) is 17.7. The Morgan fingerprint density at radius 1 is 1.03 bits per heavy atom. The molecule has 0 radical (unpaired) electrons. The minimum atomic E-state index is -0.311. The third-order valence-corrected chi connectivity index (χ3v) is 7.78. The van der Waals surface area contributed by atoms with E-state index in [0.29, 0.717) is 17.0 Å². The van der Waals surface area contributed by atoms with Crippen LogP contribution in [0.5, 0.6) is 5.75 Å². The molecule has 6 nitrogen and oxygen atoms in total. The Kier molecular flexibility index (Phi) is 9.12. The average Bonchev–Trinajstić information content (AvgIpc) is 3.18. The van der Waals surface area contributed by atoms with E-state index in [2.05, 4.69) is 37.3 Å². The van der Waals surface area contributed by atoms with Crippen LogP contribution < -0.4 is 5.32 Å². The molecule has 1 aliphatic heterocycles. The molecule has 2 aromatic carbocycles. The van der Waals surface area contributed by atoms with Crippen molar-refractivity contribution in [3.8, 4) is 5.75 Å². The zero-order chi connectivity index (χ0) is 28.4. The molecule has 0 bridgehead atoms. The van der Waals surface area contributed by atoms with Gasteiger partial charge >= 0.3 is 0 Å². The number of nitrogens with zero attached hydrogens (tertiary/aromatic N) is 2. The van der Waals surface area contributed by atoms with Gasteiger partial charge in [0.25, 0.3) is 5.91 Å². The van der Waals surface area contributed by atoms with E-state index in [9.17, 15) is 14.7 Å². The lowest BCUT2D eigenvalue weighted by atomic mass is 9.78. The summed E-state index contributed by atoms with van der Waals surface area (Å²) in [5.74, 6) is 1.30. The van der Waals surface area contributed by atoms with E-state index in [-0.39, 0.29) is 40.7 Å². The van der Waals surface area contributed by atoms with E-state index >= 15 is 0 Å². The van der Waals surface area contributed by atoms with Gasteiger partial charge in [-0.15, -0.1) is 0 Å². The number of carbonyl (C=O) groups is 2. The van der Waals surface area contributed by atoms with E-state index in [1.165, 1.54) is 0 Å². The van der Waals surface area contributed by atoms with Crippen LogP contribution in [0.25, 0.3) is 0 Å². The third-order valence-electron chi connectivity index (χ3n) is 7.42. The van der Waals surface area contributed by atoms with Crippen molar-refractivity contribution in [3.05, 3.63) is 64.2 Å². The van der Waals surface area contributed by atoms with E-state index < -0.39 is 0 Å². The number of likely N-dealkylation sites (tertiary alicyclic amines) is 1. The maximum atomic E-state index is 13.8. The lowest BCUT2D eigenvalue weighted by Gasteiger charge is -2.28. The zero-order valence-corrected chi connectivity index (χ0v) is 25.6. The highest BCUT2D eigenvalue weighted by Gasteiger charge is 2.40. The maximum Gasteiger partial charge on any atom is 0.251 e. The minimum Gasteiger partial charge on any atom is -0.507 e. The molecule has 2 atom stereocenters. The third kappa shape index (κ3) is 6.31. The van der Waals surface area contributed by atoms with Gasteiger partial charge in [0.05, 0.1) is 22.7 Å². The molecule has 206 valence electrons. The number of halogens is 1. The first-order valence-electron chi connectivity index (χ1n) is 13.4. The molecule has 1 saturated heterocycles. The van der Waals surface area contributed by atoms with Crippen molar-refractivity contribution in [2.75, 3.05) is 20.1 Å². The zero-order valence-electron chi connectivity index (χ0n) is 24.0. The van der Waals surface area contributed by atoms with E-state index in [0.717, 1.165) is 41.9 Å². The van der Waals surface area contributed by atoms with Crippen LogP contribution >= 0.6 is 16.1 Å². The highest BCUT2D eigenvalue weighted by Crippen LogP contribution is 2.41. The van der Waals surface area contributed by atoms with Crippen LogP contribution in [0, 0.1) is 5.92 Å². The number of Topliss-reactive ketones (excluding diaryl/α,β-unsaturated/α-hetero) is 1. The van der Waals surface area contributed by atoms with Gasteiger partial charge in [-0.2, -0.15) is 4.02 Å². The molecule has 3 rings (SSSR count). The quantitative estimate of drug-likeness (QED) is 0.353. The topological polar surface area (TPSA) is 82.0 Å². The van der Waals surface area contributed by atoms with E-state index in [4.69, 9.17) is 0 Å². The summed E-state index contributed by atoms with van der Waals surface area (Å²) in [4.78, 5) is 27.9. The predicted molar refractivity (Wildman–Crippen MR) is 159 cm³/mol. The van der Waals surface area contributed by atoms with Crippen LogP contribution in [0.2, 0.25) is 0 Å². The second-order valence-electron chi connectivity index (χ2n) is 12.4. The van der Waals surface area contributed by atoms with Crippen molar-refractivity contribution in [2.24, 2.45) is 9.94 Å². The van der Waals surface area contributed by atoms with E-state index in [1.807, 2.05) is 77.9 Å². The molecule has 1 aliphatic rings. The number of amidine groups is 1. The van der Waals surface area contributed by atoms with Crippen molar-refractivity contribution >= 4 is 33.7 Å². The molecule has 0 saturated carbocycles. The lowest BCUT2D eigenvalue weighted by molar-refractivity contribution is 0.0955. The van der Waals surface area contributed by atoms with Gasteiger partial charge in [-0.05, 0) is 53.0 Å². The van der Waals surface area contributed by atoms with E-state index in [1.54, 1.807) is 7.05 Å². The standard InChI is InChI=1S/C31H42BrN3O3/c1-9-10-21-17-35(28(34-32)26(21)19-11-13-20(14-12-19)29(38)33-8)18-25(36)22-15-23(30(2,3)4)27(37)24(16-22)31(5,6)7/h11-16,21,26,37H,9-10,17-18H2,1-8H3,(H,33,38)/b34-28-. The van der Waals surface area contributed by atoms with Gasteiger partial charge in [-0.1, -0.05) is 67.0 Å². The summed E-state index contributed by atoms with van der Waals surface area (Å²) in [5, 5.41) is 13.7. The van der Waals surface area contributed by atoms with Crippen LogP contribution in [-0.2, 0) is 10.8 Å². The Labute approximate surface area is 236 Å². The van der Waals surface area contributed by atoms with Crippen molar-refractivity contribution in [1.29, 1.82) is 0 Å². The van der Waals surface area contributed by atoms with Crippen LogP contribution in [0.15, 0.2) is 40.4 Å². The number of hydrogen-bond acceptors (Lipinski definition) is 4. The molecule has 0 aliphatic carbocycles. The van der Waals surface area contributed by atoms with Gasteiger partial charge in [-0.25, -0.2) is 0 Å². The van der Waals surface area contributed by atoms with Gasteiger partial charge in [0.2, 0.25) is 0 Å². The number of carbonyl (C=O) groups excluding carboxylic acids is 2. The highest BCUT2D eigenvalue weighted by atomic mass is 79.9. The summed E-state index contributed by atoms with van der Waals surface area (Å²) in [6.07, 6.45) is 2.02. The van der Waals surface area contributed by atoms with Crippen molar-refractivity contribution < 1.29 is 14.7 Å². The SMILES string of the molecule is CCCC1CN(CC(=O)c2cc(C(C)(C)C)c(O)c(C(C)(C)C)c2)/C(=N\Br)C1c1ccc(C(=O)NC)cc1. The Bertz CT molecular complexity index is 1170. The Balaban J connectivity index is 1.96. The second kappa shape index (κ2) is 11.6. The molecule has 0 aromatic heterocycles. The normalized spacial score (nSPS) is 19.2. The van der Waals surface area contributed by atoms with Crippen LogP contribution in [0.4, 0.5) is 0 Å². The van der Waals surface area contributed by atoms with Crippen LogP contribution in [0.3, 0.4) is 0 Å². The summed E-state index contributed by atoms with van der Waals surface area (Å²) in [6, 6.07) is 11.4. The van der Waals surface area contributed by atoms with Gasteiger partial charge in [-0.3, -0.25) is 9.59 Å². The molecule has 1 heterocycles. The molecule has 1 fully saturated rings. The number of benzene rings is 2. The number of hydrogen-bond donors (Lipinski definition) is 2. The summed E-state index contributed by atoms with van der Waals surface area (Å²) >= 11 is 3.35. The molecule has 1 amide bonds. The van der Waals surface area contributed by atoms with Crippen molar-refractivity contribution in [1.82, 2.24) is 10.2 Å². The van der Waals surface area contributed by atoms with Gasteiger partial charge in [0.1, 0.15) is 11.6 Å². The lowest BCUT2D eigenvalue weighted by Crippen LogP contribution is -2.32. The fourth-order valence-corrected chi connectivity index (χ4v) is 5.83. The minimum absolute atomic E-state index is 0.000475. The number of amides is 1. The Morgan fingerprint density at radius 3 is 2.03 bits per heavy atom. The molecule has 38 heavy (non-hydrogen) atoms. The molecular weight excluding hydrogens is 542 g/mol. The van der Waals surface area contributed by atoms with Gasteiger partial charge < -0.3 is 15.3 Å². The highest BCUT2D eigenvalue weighted by molar-refractivity contribution is 9.08. The number of ketones is 1. The van der Waals surface area contributed by atoms with Crippen LogP contribution in [-0.4, -0.2) is 47.7 Å². The summed E-state index contributed by atoms with van der Waals surface area (Å²) in [6.45, 7) is 15.4. The fourth-order valence-electron chi connectivity index (χ4n) is 5.38. The Morgan fingerprint density at radius 2 is 1.58 bits per heavy atom. The number of aromatic hydroxyl groups is 1. The van der Waals surface area contributed by atoms with Crippen molar-refractivity contribution in [2.45, 2.75) is 78.1 Å². The molecule has 2 unspecified atom stereocenters. The van der Waals surface area contributed by atoms with Gasteiger partial charge in [0, 0.05) is 41.8 Å². The molecule has 2 aromatic rings. The fraction of sp³-hybridized carbons (Fsp3) is 0.516. The molecular formula is C31H42BrN3O3. The predicted octanol–water partition coefficient (Wildman–Crippen LogP) is 6.75. The summed E-state index contributed by atoms with van der Waals surface area (Å²) in [5.41, 5.74) is 3.24. The second-order valence-corrected chi connectivity index (χ2v) is 12.7. The summed E-state index contributed by atoms with van der Waals surface area (Å²) in [7, 11) is 1.62. The number of rotatable bonds is 7. The maximum absolute atomic E-state index is 13.8. The average molecular weight is 585 g/mol. The molecule has 2 N–H and O–H groups in total. The number of nitrogens with one attached hydrogen (secondary N) is 1. The van der Waals surface area contributed by atoms with Crippen molar-refractivity contribution in [3.63, 3.8) is 0 Å². The van der Waals surface area contributed by atoms with Crippen LogP contribution in [0.1, 0.15) is 105 Å². The molecule has 7 heteroatoms. The largest absolute Gasteiger partial charge is 0.507 e. The first kappa shape index (κ1) is 29.9. The Hall–Kier alpha value is -2.67. The summed E-state index contributed by atoms with van der Waals surface area (Å²) < 4.78 is 4.49. The first-order valence-corrected chi connectivity index (χ1v) is 14.1. The number of phenolic OH excluding ortho intramolecular Hbond substituents is 1. The monoisotopic (exact) mass is 583 g/mol.